The van der Waals surface area contributed by atoms with Crippen molar-refractivity contribution in [2.24, 2.45) is 0 Å². The lowest BCUT2D eigenvalue weighted by Crippen LogP contribution is -2.06. The molecule has 2 aromatic rings. The van der Waals surface area contributed by atoms with E-state index in [2.05, 4.69) is 24.1 Å². The molecule has 0 aliphatic rings. The second kappa shape index (κ2) is 4.39. The standard InChI is InChI=1S/C13H16N2O/c1-9-6-7-14-8-12(9)15-11(3)13-5-4-10(2)16-13/h4-8,11,15H,1-3H3. The van der Waals surface area contributed by atoms with Gasteiger partial charge in [-0.1, -0.05) is 0 Å². The van der Waals surface area contributed by atoms with Gasteiger partial charge in [0, 0.05) is 6.20 Å². The monoisotopic (exact) mass is 216 g/mol. The quantitative estimate of drug-likeness (QED) is 0.853. The zero-order chi connectivity index (χ0) is 11.5. The van der Waals surface area contributed by atoms with Crippen LogP contribution in [-0.2, 0) is 0 Å². The number of nitrogens with zero attached hydrogens (tertiary/aromatic N) is 1. The number of aryl methyl sites for hydroxylation is 2. The normalized spacial score (nSPS) is 12.4. The number of rotatable bonds is 3. The molecular formula is C13H16N2O. The van der Waals surface area contributed by atoms with Crippen LogP contribution in [0.1, 0.15) is 30.0 Å². The van der Waals surface area contributed by atoms with Gasteiger partial charge >= 0.3 is 0 Å². The lowest BCUT2D eigenvalue weighted by Gasteiger charge is -2.14. The van der Waals surface area contributed by atoms with Crippen LogP contribution in [0.3, 0.4) is 0 Å². The Balaban J connectivity index is 2.13. The van der Waals surface area contributed by atoms with E-state index < -0.39 is 0 Å². The molecule has 0 aliphatic carbocycles. The molecule has 0 amide bonds. The molecule has 16 heavy (non-hydrogen) atoms. The molecule has 0 spiro atoms. The molecule has 1 N–H and O–H groups in total. The number of hydrogen-bond acceptors (Lipinski definition) is 3. The summed E-state index contributed by atoms with van der Waals surface area (Å²) in [6.07, 6.45) is 3.63. The molecule has 0 radical (unpaired) electrons. The van der Waals surface area contributed by atoms with E-state index in [4.69, 9.17) is 4.42 Å². The van der Waals surface area contributed by atoms with Crippen molar-refractivity contribution in [3.63, 3.8) is 0 Å². The van der Waals surface area contributed by atoms with Gasteiger partial charge in [-0.05, 0) is 44.5 Å². The van der Waals surface area contributed by atoms with Crippen LogP contribution in [-0.4, -0.2) is 4.98 Å². The van der Waals surface area contributed by atoms with Gasteiger partial charge in [0.2, 0.25) is 0 Å². The summed E-state index contributed by atoms with van der Waals surface area (Å²) in [4.78, 5) is 4.10. The highest BCUT2D eigenvalue weighted by atomic mass is 16.3. The summed E-state index contributed by atoms with van der Waals surface area (Å²) in [5, 5.41) is 3.38. The molecule has 3 nitrogen and oxygen atoms in total. The Hall–Kier alpha value is -1.77. The fourth-order valence-electron chi connectivity index (χ4n) is 1.61. The van der Waals surface area contributed by atoms with E-state index in [1.165, 1.54) is 5.56 Å². The maximum Gasteiger partial charge on any atom is 0.126 e. The fraction of sp³-hybridized carbons (Fsp3) is 0.308. The lowest BCUT2D eigenvalue weighted by molar-refractivity contribution is 0.467. The van der Waals surface area contributed by atoms with Gasteiger partial charge < -0.3 is 9.73 Å². The Morgan fingerprint density at radius 3 is 2.69 bits per heavy atom. The summed E-state index contributed by atoms with van der Waals surface area (Å²) >= 11 is 0. The number of hydrogen-bond donors (Lipinski definition) is 1. The summed E-state index contributed by atoms with van der Waals surface area (Å²) < 4.78 is 5.57. The third-order valence-corrected chi connectivity index (χ3v) is 2.60. The highest BCUT2D eigenvalue weighted by Crippen LogP contribution is 2.22. The Kier molecular flexibility index (Phi) is 2.95. The van der Waals surface area contributed by atoms with Gasteiger partial charge in [-0.15, -0.1) is 0 Å². The summed E-state index contributed by atoms with van der Waals surface area (Å²) in [5.41, 5.74) is 2.23. The summed E-state index contributed by atoms with van der Waals surface area (Å²) in [7, 11) is 0. The Labute approximate surface area is 95.5 Å². The predicted octanol–water partition coefficient (Wildman–Crippen LogP) is 3.46. The van der Waals surface area contributed by atoms with E-state index in [9.17, 15) is 0 Å². The van der Waals surface area contributed by atoms with Crippen molar-refractivity contribution in [1.29, 1.82) is 0 Å². The van der Waals surface area contributed by atoms with Gasteiger partial charge in [0.05, 0.1) is 17.9 Å². The summed E-state index contributed by atoms with van der Waals surface area (Å²) in [5.74, 6) is 1.88. The zero-order valence-corrected chi connectivity index (χ0v) is 9.82. The van der Waals surface area contributed by atoms with E-state index >= 15 is 0 Å². The molecule has 0 fully saturated rings. The van der Waals surface area contributed by atoms with E-state index in [1.54, 1.807) is 6.20 Å². The molecule has 0 aliphatic heterocycles. The molecule has 84 valence electrons. The molecule has 1 unspecified atom stereocenters. The second-order valence-corrected chi connectivity index (χ2v) is 4.01. The smallest absolute Gasteiger partial charge is 0.126 e. The average Bonchev–Trinajstić information content (AvgIpc) is 2.68. The van der Waals surface area contributed by atoms with Gasteiger partial charge in [0.1, 0.15) is 11.5 Å². The average molecular weight is 216 g/mol. The minimum atomic E-state index is 0.150. The van der Waals surface area contributed by atoms with E-state index in [-0.39, 0.29) is 6.04 Å². The Morgan fingerprint density at radius 2 is 2.06 bits per heavy atom. The van der Waals surface area contributed by atoms with Gasteiger partial charge in [-0.3, -0.25) is 4.98 Å². The molecular weight excluding hydrogens is 200 g/mol. The van der Waals surface area contributed by atoms with Crippen molar-refractivity contribution < 1.29 is 4.42 Å². The molecule has 0 bridgehead atoms. The third-order valence-electron chi connectivity index (χ3n) is 2.60. The Bertz CT molecular complexity index is 476. The number of furan rings is 1. The van der Waals surface area contributed by atoms with Crippen molar-refractivity contribution in [1.82, 2.24) is 4.98 Å². The first-order chi connectivity index (χ1) is 7.66. The summed E-state index contributed by atoms with van der Waals surface area (Å²) in [6.45, 7) is 6.08. The number of nitrogens with one attached hydrogen (secondary N) is 1. The van der Waals surface area contributed by atoms with Crippen LogP contribution in [0.2, 0.25) is 0 Å². The van der Waals surface area contributed by atoms with E-state index in [1.807, 2.05) is 31.3 Å². The molecule has 2 aromatic heterocycles. The largest absolute Gasteiger partial charge is 0.464 e. The topological polar surface area (TPSA) is 38.1 Å². The van der Waals surface area contributed by atoms with Crippen molar-refractivity contribution in [3.8, 4) is 0 Å². The lowest BCUT2D eigenvalue weighted by atomic mass is 10.2. The second-order valence-electron chi connectivity index (χ2n) is 4.01. The van der Waals surface area contributed by atoms with E-state index in [0.717, 1.165) is 17.2 Å². The van der Waals surface area contributed by atoms with Crippen LogP contribution >= 0.6 is 0 Å². The van der Waals surface area contributed by atoms with Crippen LogP contribution in [0, 0.1) is 13.8 Å². The fourth-order valence-corrected chi connectivity index (χ4v) is 1.61. The first-order valence-corrected chi connectivity index (χ1v) is 5.40. The summed E-state index contributed by atoms with van der Waals surface area (Å²) in [6, 6.07) is 6.11. The SMILES string of the molecule is Cc1ccc(C(C)Nc2cnccc2C)o1. The van der Waals surface area contributed by atoms with Crippen molar-refractivity contribution >= 4 is 5.69 Å². The first kappa shape index (κ1) is 10.7. The minimum Gasteiger partial charge on any atom is -0.464 e. The minimum absolute atomic E-state index is 0.150. The first-order valence-electron chi connectivity index (χ1n) is 5.40. The highest BCUT2D eigenvalue weighted by molar-refractivity contribution is 5.49. The zero-order valence-electron chi connectivity index (χ0n) is 9.82. The van der Waals surface area contributed by atoms with Crippen molar-refractivity contribution in [2.75, 3.05) is 5.32 Å². The molecule has 0 aromatic carbocycles. The van der Waals surface area contributed by atoms with Crippen LogP contribution in [0.4, 0.5) is 5.69 Å². The Morgan fingerprint density at radius 1 is 1.25 bits per heavy atom. The number of aromatic nitrogens is 1. The van der Waals surface area contributed by atoms with Gasteiger partial charge in [-0.25, -0.2) is 0 Å². The molecule has 2 rings (SSSR count). The van der Waals surface area contributed by atoms with Crippen LogP contribution in [0.15, 0.2) is 35.0 Å². The van der Waals surface area contributed by atoms with Crippen molar-refractivity contribution in [3.05, 3.63) is 47.7 Å². The number of pyridine rings is 1. The maximum absolute atomic E-state index is 5.57. The van der Waals surface area contributed by atoms with Gasteiger partial charge in [0.15, 0.2) is 0 Å². The van der Waals surface area contributed by atoms with Crippen molar-refractivity contribution in [2.45, 2.75) is 26.8 Å². The van der Waals surface area contributed by atoms with Gasteiger partial charge in [-0.2, -0.15) is 0 Å². The van der Waals surface area contributed by atoms with Crippen LogP contribution in [0.5, 0.6) is 0 Å². The molecule has 0 saturated carbocycles. The molecule has 2 heterocycles. The predicted molar refractivity (Wildman–Crippen MR) is 64.5 cm³/mol. The third kappa shape index (κ3) is 2.24. The van der Waals surface area contributed by atoms with Gasteiger partial charge in [0.25, 0.3) is 0 Å². The van der Waals surface area contributed by atoms with Crippen LogP contribution < -0.4 is 5.32 Å². The number of anilines is 1. The molecule has 1 atom stereocenters. The van der Waals surface area contributed by atoms with Crippen LogP contribution in [0.25, 0.3) is 0 Å². The highest BCUT2D eigenvalue weighted by Gasteiger charge is 2.10. The molecule has 0 saturated heterocycles. The van der Waals surface area contributed by atoms with E-state index in [0.29, 0.717) is 0 Å². The maximum atomic E-state index is 5.57. The molecule has 3 heteroatoms.